The van der Waals surface area contributed by atoms with E-state index in [1.165, 1.54) is 0 Å². The van der Waals surface area contributed by atoms with Crippen molar-refractivity contribution in [2.75, 3.05) is 26.2 Å². The molecule has 2 rings (SSSR count). The fourth-order valence-electron chi connectivity index (χ4n) is 3.37. The quantitative estimate of drug-likeness (QED) is 0.337. The van der Waals surface area contributed by atoms with Crippen LogP contribution in [0.1, 0.15) is 52.9 Å². The van der Waals surface area contributed by atoms with Crippen LogP contribution in [0.3, 0.4) is 0 Å². The Morgan fingerprint density at radius 2 is 2.04 bits per heavy atom. The summed E-state index contributed by atoms with van der Waals surface area (Å²) < 4.78 is 0. The van der Waals surface area contributed by atoms with E-state index >= 15 is 0 Å². The largest absolute Gasteiger partial charge is 0.388 e. The summed E-state index contributed by atoms with van der Waals surface area (Å²) in [7, 11) is 0. The van der Waals surface area contributed by atoms with Gasteiger partial charge in [0.2, 0.25) is 5.91 Å². The molecule has 7 heteroatoms. The maximum Gasteiger partial charge on any atom is 0.225 e. The molecule has 1 aliphatic carbocycles. The topological polar surface area (TPSA) is 77.0 Å². The van der Waals surface area contributed by atoms with Gasteiger partial charge in [-0.3, -0.25) is 9.79 Å². The molecule has 24 heavy (non-hydrogen) atoms. The van der Waals surface area contributed by atoms with Crippen LogP contribution in [0.4, 0.5) is 0 Å². The first kappa shape index (κ1) is 21.5. The van der Waals surface area contributed by atoms with Crippen LogP contribution in [0.2, 0.25) is 0 Å². The molecule has 1 unspecified atom stereocenters. The van der Waals surface area contributed by atoms with Crippen molar-refractivity contribution < 1.29 is 9.90 Å². The first-order valence-electron chi connectivity index (χ1n) is 8.99. The first-order valence-corrected chi connectivity index (χ1v) is 8.99. The van der Waals surface area contributed by atoms with Crippen LogP contribution in [0.5, 0.6) is 0 Å². The van der Waals surface area contributed by atoms with E-state index in [0.29, 0.717) is 6.54 Å². The SMILES string of the molecule is CCNC(=NCC1(O)CCCC1)NC1CCN(C(=O)C(C)C)C1.I. The number of amides is 1. The van der Waals surface area contributed by atoms with E-state index < -0.39 is 5.60 Å². The number of halogens is 1. The normalized spacial score (nSPS) is 23.3. The van der Waals surface area contributed by atoms with Crippen LogP contribution in [-0.2, 0) is 4.79 Å². The highest BCUT2D eigenvalue weighted by atomic mass is 127. The van der Waals surface area contributed by atoms with Gasteiger partial charge in [0, 0.05) is 31.6 Å². The molecule has 0 aromatic rings. The highest BCUT2D eigenvalue weighted by Crippen LogP contribution is 2.29. The van der Waals surface area contributed by atoms with Gasteiger partial charge in [0.15, 0.2) is 5.96 Å². The number of rotatable bonds is 5. The first-order chi connectivity index (χ1) is 10.9. The van der Waals surface area contributed by atoms with Gasteiger partial charge in [-0.05, 0) is 26.2 Å². The van der Waals surface area contributed by atoms with Gasteiger partial charge in [-0.15, -0.1) is 24.0 Å². The average molecular weight is 452 g/mol. The van der Waals surface area contributed by atoms with E-state index in [1.54, 1.807) is 0 Å². The molecule has 1 heterocycles. The Morgan fingerprint density at radius 1 is 1.38 bits per heavy atom. The van der Waals surface area contributed by atoms with Crippen molar-refractivity contribution in [2.45, 2.75) is 64.5 Å². The van der Waals surface area contributed by atoms with E-state index in [-0.39, 0.29) is 41.8 Å². The Kier molecular flexibility index (Phi) is 8.76. The molecular weight excluding hydrogens is 419 g/mol. The summed E-state index contributed by atoms with van der Waals surface area (Å²) in [4.78, 5) is 18.6. The lowest BCUT2D eigenvalue weighted by atomic mass is 10.0. The van der Waals surface area contributed by atoms with Gasteiger partial charge in [-0.2, -0.15) is 0 Å². The molecule has 6 nitrogen and oxygen atoms in total. The molecule has 1 atom stereocenters. The third kappa shape index (κ3) is 6.06. The second-order valence-electron chi connectivity index (χ2n) is 7.20. The predicted molar refractivity (Wildman–Crippen MR) is 108 cm³/mol. The highest BCUT2D eigenvalue weighted by Gasteiger charge is 2.31. The summed E-state index contributed by atoms with van der Waals surface area (Å²) in [5.74, 6) is 1.01. The zero-order valence-electron chi connectivity index (χ0n) is 15.2. The molecule has 2 aliphatic rings. The highest BCUT2D eigenvalue weighted by molar-refractivity contribution is 14.0. The molecule has 0 radical (unpaired) electrons. The number of guanidine groups is 1. The van der Waals surface area contributed by atoms with Crippen LogP contribution in [0.15, 0.2) is 4.99 Å². The van der Waals surface area contributed by atoms with Gasteiger partial charge in [-0.25, -0.2) is 0 Å². The van der Waals surface area contributed by atoms with E-state index in [0.717, 1.165) is 57.7 Å². The molecule has 1 saturated carbocycles. The molecule has 1 aliphatic heterocycles. The van der Waals surface area contributed by atoms with Crippen LogP contribution < -0.4 is 10.6 Å². The Labute approximate surface area is 162 Å². The molecule has 140 valence electrons. The van der Waals surface area contributed by atoms with Crippen molar-refractivity contribution in [1.29, 1.82) is 0 Å². The van der Waals surface area contributed by atoms with Crippen LogP contribution in [0.25, 0.3) is 0 Å². The third-order valence-corrected chi connectivity index (χ3v) is 4.74. The molecule has 0 aromatic carbocycles. The van der Waals surface area contributed by atoms with Crippen LogP contribution >= 0.6 is 24.0 Å². The van der Waals surface area contributed by atoms with Crippen molar-refractivity contribution in [1.82, 2.24) is 15.5 Å². The number of likely N-dealkylation sites (tertiary alicyclic amines) is 1. The molecule has 1 amide bonds. The maximum atomic E-state index is 12.1. The number of aliphatic imine (C=N–C) groups is 1. The molecular formula is C17H33IN4O2. The van der Waals surface area contributed by atoms with Crippen molar-refractivity contribution >= 4 is 35.8 Å². The number of carbonyl (C=O) groups is 1. The van der Waals surface area contributed by atoms with Crippen LogP contribution in [0, 0.1) is 5.92 Å². The number of aliphatic hydroxyl groups is 1. The van der Waals surface area contributed by atoms with Gasteiger partial charge < -0.3 is 20.6 Å². The minimum atomic E-state index is -0.627. The Bertz CT molecular complexity index is 436. The molecule has 3 N–H and O–H groups in total. The fourth-order valence-corrected chi connectivity index (χ4v) is 3.37. The van der Waals surface area contributed by atoms with E-state index in [2.05, 4.69) is 15.6 Å². The number of nitrogens with zero attached hydrogens (tertiary/aromatic N) is 2. The smallest absolute Gasteiger partial charge is 0.225 e. The minimum absolute atomic E-state index is 0. The summed E-state index contributed by atoms with van der Waals surface area (Å²) in [6.45, 7) is 8.68. The third-order valence-electron chi connectivity index (χ3n) is 4.74. The molecule has 0 spiro atoms. The summed E-state index contributed by atoms with van der Waals surface area (Å²) in [5, 5.41) is 17.1. The molecule has 1 saturated heterocycles. The van der Waals surface area contributed by atoms with Gasteiger partial charge in [0.1, 0.15) is 0 Å². The van der Waals surface area contributed by atoms with Gasteiger partial charge in [0.25, 0.3) is 0 Å². The van der Waals surface area contributed by atoms with Gasteiger partial charge in [0.05, 0.1) is 12.1 Å². The van der Waals surface area contributed by atoms with E-state index in [4.69, 9.17) is 0 Å². The van der Waals surface area contributed by atoms with Crippen molar-refractivity contribution in [2.24, 2.45) is 10.9 Å². The average Bonchev–Trinajstić information content (AvgIpc) is 3.14. The monoisotopic (exact) mass is 452 g/mol. The molecule has 0 bridgehead atoms. The summed E-state index contributed by atoms with van der Waals surface area (Å²) >= 11 is 0. The number of hydrogen-bond acceptors (Lipinski definition) is 3. The van der Waals surface area contributed by atoms with E-state index in [1.807, 2.05) is 25.7 Å². The van der Waals surface area contributed by atoms with E-state index in [9.17, 15) is 9.90 Å². The van der Waals surface area contributed by atoms with Crippen molar-refractivity contribution in [3.05, 3.63) is 0 Å². The predicted octanol–water partition coefficient (Wildman–Crippen LogP) is 1.72. The lowest BCUT2D eigenvalue weighted by Crippen LogP contribution is -2.46. The standard InChI is InChI=1S/C17H32N4O2.HI/c1-4-18-16(19-12-17(23)8-5-6-9-17)20-14-7-10-21(11-14)15(22)13(2)3;/h13-14,23H,4-12H2,1-3H3,(H2,18,19,20);1H. The molecule has 2 fully saturated rings. The minimum Gasteiger partial charge on any atom is -0.388 e. The van der Waals surface area contributed by atoms with Gasteiger partial charge >= 0.3 is 0 Å². The second-order valence-corrected chi connectivity index (χ2v) is 7.20. The number of carbonyl (C=O) groups excluding carboxylic acids is 1. The Balaban J connectivity index is 0.00000288. The van der Waals surface area contributed by atoms with Crippen molar-refractivity contribution in [3.8, 4) is 0 Å². The lowest BCUT2D eigenvalue weighted by molar-refractivity contribution is -0.133. The summed E-state index contributed by atoms with van der Waals surface area (Å²) in [5.41, 5.74) is -0.627. The van der Waals surface area contributed by atoms with Crippen molar-refractivity contribution in [3.63, 3.8) is 0 Å². The second kappa shape index (κ2) is 9.79. The zero-order valence-corrected chi connectivity index (χ0v) is 17.5. The maximum absolute atomic E-state index is 12.1. The number of hydrogen-bond donors (Lipinski definition) is 3. The molecule has 0 aromatic heterocycles. The summed E-state index contributed by atoms with van der Waals surface area (Å²) in [6.07, 6.45) is 4.80. The fraction of sp³-hybridized carbons (Fsp3) is 0.882. The lowest BCUT2D eigenvalue weighted by Gasteiger charge is -2.22. The Morgan fingerprint density at radius 3 is 2.62 bits per heavy atom. The zero-order chi connectivity index (χ0) is 16.9. The Hall–Kier alpha value is -0.570. The van der Waals surface area contributed by atoms with Gasteiger partial charge in [-0.1, -0.05) is 26.7 Å². The summed E-state index contributed by atoms with van der Waals surface area (Å²) in [6, 6.07) is 0.230. The van der Waals surface area contributed by atoms with Crippen LogP contribution in [-0.4, -0.2) is 59.7 Å². The number of nitrogens with one attached hydrogen (secondary N) is 2.